The van der Waals surface area contributed by atoms with Crippen LogP contribution < -0.4 is 10.1 Å². The topological polar surface area (TPSA) is 59.4 Å². The van der Waals surface area contributed by atoms with Crippen LogP contribution in [0.15, 0.2) is 36.5 Å². The molecule has 2 amide bonds. The van der Waals surface area contributed by atoms with Gasteiger partial charge in [0.15, 0.2) is 0 Å². The first-order valence-corrected chi connectivity index (χ1v) is 8.42. The Balaban J connectivity index is 1.45. The number of hydrogen-bond acceptors (Lipinski definition) is 3. The number of carbonyl (C=O) groups is 1. The third kappa shape index (κ3) is 4.00. The van der Waals surface area contributed by atoms with Gasteiger partial charge in [0.1, 0.15) is 11.9 Å². The van der Waals surface area contributed by atoms with Gasteiger partial charge in [0.2, 0.25) is 0 Å². The third-order valence-corrected chi connectivity index (χ3v) is 4.51. The minimum Gasteiger partial charge on any atom is -0.489 e. The molecule has 0 spiro atoms. The Bertz CT molecular complexity index is 695. The number of rotatable bonds is 4. The van der Waals surface area contributed by atoms with Gasteiger partial charge in [-0.1, -0.05) is 23.7 Å². The summed E-state index contributed by atoms with van der Waals surface area (Å²) in [5.74, 6) is 0.707. The van der Waals surface area contributed by atoms with Crippen molar-refractivity contribution in [2.75, 3.05) is 13.1 Å². The lowest BCUT2D eigenvalue weighted by atomic mass is 10.1. The van der Waals surface area contributed by atoms with Gasteiger partial charge in [0, 0.05) is 39.2 Å². The zero-order valence-corrected chi connectivity index (χ0v) is 14.4. The van der Waals surface area contributed by atoms with Crippen molar-refractivity contribution >= 4 is 17.6 Å². The number of aryl methyl sites for hydroxylation is 1. The summed E-state index contributed by atoms with van der Waals surface area (Å²) in [6.45, 7) is 1.82. The maximum atomic E-state index is 12.2. The van der Waals surface area contributed by atoms with Gasteiger partial charge in [-0.05, 0) is 18.2 Å². The highest BCUT2D eigenvalue weighted by molar-refractivity contribution is 6.32. The monoisotopic (exact) mass is 348 g/mol. The number of nitrogens with zero attached hydrogens (tertiary/aromatic N) is 3. The van der Waals surface area contributed by atoms with Gasteiger partial charge in [-0.2, -0.15) is 5.10 Å². The van der Waals surface area contributed by atoms with Crippen LogP contribution in [0.25, 0.3) is 0 Å². The van der Waals surface area contributed by atoms with Crippen molar-refractivity contribution in [3.05, 3.63) is 47.2 Å². The molecular formula is C17H21ClN4O2. The summed E-state index contributed by atoms with van der Waals surface area (Å²) in [5.41, 5.74) is 0.972. The third-order valence-electron chi connectivity index (χ3n) is 4.20. The lowest BCUT2D eigenvalue weighted by Gasteiger charge is -2.32. The molecule has 1 aromatic heterocycles. The van der Waals surface area contributed by atoms with Gasteiger partial charge in [-0.3, -0.25) is 4.68 Å². The number of benzene rings is 1. The minimum atomic E-state index is -0.0487. The Morgan fingerprint density at radius 3 is 2.75 bits per heavy atom. The summed E-state index contributed by atoms with van der Waals surface area (Å²) in [7, 11) is 1.86. The molecule has 0 bridgehead atoms. The Morgan fingerprint density at radius 2 is 2.08 bits per heavy atom. The van der Waals surface area contributed by atoms with E-state index in [-0.39, 0.29) is 12.1 Å². The van der Waals surface area contributed by atoms with Crippen molar-refractivity contribution in [3.8, 4) is 5.75 Å². The molecule has 0 radical (unpaired) electrons. The number of piperidine rings is 1. The van der Waals surface area contributed by atoms with Crippen LogP contribution >= 0.6 is 11.6 Å². The molecule has 7 heteroatoms. The number of carbonyl (C=O) groups excluding carboxylic acids is 1. The molecule has 1 aliphatic rings. The number of amides is 2. The molecule has 1 aliphatic heterocycles. The molecule has 0 atom stereocenters. The van der Waals surface area contributed by atoms with Crippen LogP contribution in [0.2, 0.25) is 5.02 Å². The normalized spacial score (nSPS) is 15.3. The van der Waals surface area contributed by atoms with Gasteiger partial charge >= 0.3 is 6.03 Å². The highest BCUT2D eigenvalue weighted by Crippen LogP contribution is 2.26. The van der Waals surface area contributed by atoms with Crippen LogP contribution in [0.3, 0.4) is 0 Å². The SMILES string of the molecule is Cn1nccc1CNC(=O)N1CCC(Oc2ccccc2Cl)CC1. The Morgan fingerprint density at radius 1 is 1.33 bits per heavy atom. The van der Waals surface area contributed by atoms with Gasteiger partial charge in [-0.15, -0.1) is 0 Å². The molecule has 0 saturated carbocycles. The maximum absolute atomic E-state index is 12.2. The number of para-hydroxylation sites is 1. The van der Waals surface area contributed by atoms with Crippen molar-refractivity contribution < 1.29 is 9.53 Å². The largest absolute Gasteiger partial charge is 0.489 e. The first kappa shape index (κ1) is 16.6. The van der Waals surface area contributed by atoms with E-state index in [0.29, 0.717) is 30.4 Å². The van der Waals surface area contributed by atoms with Crippen LogP contribution in [-0.2, 0) is 13.6 Å². The smallest absolute Gasteiger partial charge is 0.317 e. The average Bonchev–Trinajstić information content (AvgIpc) is 3.00. The highest BCUT2D eigenvalue weighted by Gasteiger charge is 2.24. The van der Waals surface area contributed by atoms with E-state index in [0.717, 1.165) is 18.5 Å². The molecule has 1 fully saturated rings. The molecule has 1 saturated heterocycles. The van der Waals surface area contributed by atoms with Crippen molar-refractivity contribution in [2.24, 2.45) is 7.05 Å². The standard InChI is InChI=1S/C17H21ClN4O2/c1-21-13(6-9-20-21)12-19-17(23)22-10-7-14(8-11-22)24-16-5-3-2-4-15(16)18/h2-6,9,14H,7-8,10-12H2,1H3,(H,19,23). The van der Waals surface area contributed by atoms with Gasteiger partial charge in [-0.25, -0.2) is 4.79 Å². The summed E-state index contributed by atoms with van der Waals surface area (Å²) in [6.07, 6.45) is 3.40. The Kier molecular flexibility index (Phi) is 5.25. The molecule has 6 nitrogen and oxygen atoms in total. The fourth-order valence-electron chi connectivity index (χ4n) is 2.75. The maximum Gasteiger partial charge on any atom is 0.317 e. The number of halogens is 1. The molecule has 1 N–H and O–H groups in total. The van der Waals surface area contributed by atoms with E-state index >= 15 is 0 Å². The highest BCUT2D eigenvalue weighted by atomic mass is 35.5. The van der Waals surface area contributed by atoms with Gasteiger partial charge in [0.25, 0.3) is 0 Å². The fourth-order valence-corrected chi connectivity index (χ4v) is 2.93. The predicted molar refractivity (Wildman–Crippen MR) is 92.1 cm³/mol. The quantitative estimate of drug-likeness (QED) is 0.924. The summed E-state index contributed by atoms with van der Waals surface area (Å²) in [4.78, 5) is 14.1. The van der Waals surface area contributed by atoms with Gasteiger partial charge < -0.3 is 15.0 Å². The van der Waals surface area contributed by atoms with E-state index in [1.54, 1.807) is 10.9 Å². The number of nitrogens with one attached hydrogen (secondary N) is 1. The van der Waals surface area contributed by atoms with Crippen LogP contribution in [0, 0.1) is 0 Å². The first-order chi connectivity index (χ1) is 11.6. The van der Waals surface area contributed by atoms with Crippen LogP contribution in [0.1, 0.15) is 18.5 Å². The second-order valence-corrected chi connectivity index (χ2v) is 6.25. The van der Waals surface area contributed by atoms with Crippen molar-refractivity contribution in [1.82, 2.24) is 20.0 Å². The summed E-state index contributed by atoms with van der Waals surface area (Å²) in [5, 5.41) is 7.64. The van der Waals surface area contributed by atoms with Crippen molar-refractivity contribution in [1.29, 1.82) is 0 Å². The zero-order valence-electron chi connectivity index (χ0n) is 13.6. The second-order valence-electron chi connectivity index (χ2n) is 5.84. The van der Waals surface area contributed by atoms with E-state index < -0.39 is 0 Å². The van der Waals surface area contributed by atoms with Gasteiger partial charge in [0.05, 0.1) is 17.3 Å². The summed E-state index contributed by atoms with van der Waals surface area (Å²) >= 11 is 6.12. The molecule has 0 unspecified atom stereocenters. The molecule has 3 rings (SSSR count). The summed E-state index contributed by atoms with van der Waals surface area (Å²) in [6, 6.07) is 9.32. The summed E-state index contributed by atoms with van der Waals surface area (Å²) < 4.78 is 7.70. The van der Waals surface area contributed by atoms with E-state index in [1.165, 1.54) is 0 Å². The Labute approximate surface area is 146 Å². The predicted octanol–water partition coefficient (Wildman–Crippen LogP) is 2.83. The average molecular weight is 349 g/mol. The molecule has 2 heterocycles. The second kappa shape index (κ2) is 7.57. The Hall–Kier alpha value is -2.21. The zero-order chi connectivity index (χ0) is 16.9. The number of ether oxygens (including phenoxy) is 1. The molecule has 128 valence electrons. The molecule has 2 aromatic rings. The fraction of sp³-hybridized carbons (Fsp3) is 0.412. The number of urea groups is 1. The molecule has 0 aliphatic carbocycles. The lowest BCUT2D eigenvalue weighted by Crippen LogP contribution is -2.46. The number of aromatic nitrogens is 2. The number of hydrogen-bond donors (Lipinski definition) is 1. The van der Waals surface area contributed by atoms with E-state index in [9.17, 15) is 4.79 Å². The van der Waals surface area contributed by atoms with Crippen molar-refractivity contribution in [3.63, 3.8) is 0 Å². The number of likely N-dealkylation sites (tertiary alicyclic amines) is 1. The van der Waals surface area contributed by atoms with Crippen LogP contribution in [0.5, 0.6) is 5.75 Å². The van der Waals surface area contributed by atoms with Crippen LogP contribution in [-0.4, -0.2) is 39.9 Å². The molecule has 24 heavy (non-hydrogen) atoms. The molecular weight excluding hydrogens is 328 g/mol. The van der Waals surface area contributed by atoms with E-state index in [4.69, 9.17) is 16.3 Å². The van der Waals surface area contributed by atoms with Crippen LogP contribution in [0.4, 0.5) is 4.79 Å². The van der Waals surface area contributed by atoms with Crippen molar-refractivity contribution in [2.45, 2.75) is 25.5 Å². The van der Waals surface area contributed by atoms with E-state index in [1.807, 2.05) is 42.3 Å². The first-order valence-electron chi connectivity index (χ1n) is 8.04. The molecule has 1 aromatic carbocycles. The lowest BCUT2D eigenvalue weighted by molar-refractivity contribution is 0.111. The minimum absolute atomic E-state index is 0.0487. The van der Waals surface area contributed by atoms with E-state index in [2.05, 4.69) is 10.4 Å².